The number of likely N-dealkylation sites (tertiary alicyclic amines) is 1. The highest BCUT2D eigenvalue weighted by Gasteiger charge is 2.37. The van der Waals surface area contributed by atoms with Crippen LogP contribution >= 0.6 is 0 Å². The maximum atomic E-state index is 13.5. The number of carbonyl (C=O) groups is 1. The molecule has 0 spiro atoms. The van der Waals surface area contributed by atoms with Gasteiger partial charge in [-0.1, -0.05) is 30.3 Å². The third-order valence-electron chi connectivity index (χ3n) is 7.75. The number of ether oxygens (including phenoxy) is 2. The van der Waals surface area contributed by atoms with Crippen LogP contribution < -0.4 is 0 Å². The van der Waals surface area contributed by atoms with Crippen LogP contribution in [0.2, 0.25) is 0 Å². The largest absolute Gasteiger partial charge is 0.381 e. The molecule has 2 aromatic carbocycles. The van der Waals surface area contributed by atoms with E-state index in [1.807, 2.05) is 18.2 Å². The van der Waals surface area contributed by atoms with Crippen LogP contribution in [0.4, 0.5) is 0 Å². The Morgan fingerprint density at radius 2 is 1.74 bits per heavy atom. The number of rotatable bonds is 5. The Labute approximate surface area is 222 Å². The van der Waals surface area contributed by atoms with Gasteiger partial charge in [-0.25, -0.2) is 13.1 Å². The molecule has 0 aliphatic carbocycles. The predicted octanol–water partition coefficient (Wildman–Crippen LogP) is 2.91. The first-order valence-electron chi connectivity index (χ1n) is 13.1. The molecule has 3 aliphatic heterocycles. The van der Waals surface area contributed by atoms with E-state index in [1.165, 1.54) is 5.56 Å². The summed E-state index contributed by atoms with van der Waals surface area (Å²) >= 11 is 0. The minimum absolute atomic E-state index is 0.199. The van der Waals surface area contributed by atoms with Gasteiger partial charge in [0.05, 0.1) is 41.3 Å². The molecule has 2 saturated heterocycles. The third kappa shape index (κ3) is 4.66. The molecule has 3 aliphatic rings. The van der Waals surface area contributed by atoms with E-state index in [0.717, 1.165) is 38.2 Å². The van der Waals surface area contributed by atoms with E-state index in [9.17, 15) is 13.2 Å². The van der Waals surface area contributed by atoms with Crippen molar-refractivity contribution in [2.75, 3.05) is 46.5 Å². The minimum atomic E-state index is -3.60. The fourth-order valence-corrected chi connectivity index (χ4v) is 7.24. The molecule has 38 heavy (non-hydrogen) atoms. The van der Waals surface area contributed by atoms with Crippen LogP contribution in [0.15, 0.2) is 53.4 Å². The van der Waals surface area contributed by atoms with E-state index < -0.39 is 9.84 Å². The maximum absolute atomic E-state index is 13.5. The molecule has 6 rings (SSSR count). The average Bonchev–Trinajstić information content (AvgIpc) is 3.32. The van der Waals surface area contributed by atoms with Crippen molar-refractivity contribution in [1.82, 2.24) is 19.6 Å². The molecule has 2 fully saturated rings. The van der Waals surface area contributed by atoms with Gasteiger partial charge in [0, 0.05) is 51.0 Å². The monoisotopic (exact) mass is 536 g/mol. The van der Waals surface area contributed by atoms with Gasteiger partial charge in [-0.3, -0.25) is 9.69 Å². The Morgan fingerprint density at radius 3 is 2.45 bits per heavy atom. The second-order valence-electron chi connectivity index (χ2n) is 10.1. The lowest BCUT2D eigenvalue weighted by Crippen LogP contribution is -2.41. The molecule has 0 unspecified atom stereocenters. The van der Waals surface area contributed by atoms with Crippen molar-refractivity contribution in [3.05, 3.63) is 65.4 Å². The van der Waals surface area contributed by atoms with Crippen molar-refractivity contribution in [2.24, 2.45) is 0 Å². The summed E-state index contributed by atoms with van der Waals surface area (Å²) in [5.41, 5.74) is 3.89. The number of methoxy groups -OCH3 is 1. The Hall–Kier alpha value is -3.05. The van der Waals surface area contributed by atoms with Gasteiger partial charge in [0.15, 0.2) is 15.5 Å². The first-order valence-corrected chi connectivity index (χ1v) is 14.8. The smallest absolute Gasteiger partial charge is 0.274 e. The van der Waals surface area contributed by atoms with E-state index in [0.29, 0.717) is 49.2 Å². The summed E-state index contributed by atoms with van der Waals surface area (Å²) in [4.78, 5) is 17.9. The molecule has 0 radical (unpaired) electrons. The fourth-order valence-electron chi connectivity index (χ4n) is 5.64. The second-order valence-corrected chi connectivity index (χ2v) is 12.1. The molecule has 0 saturated carbocycles. The Bertz CT molecular complexity index is 1440. The van der Waals surface area contributed by atoms with Crippen molar-refractivity contribution in [3.63, 3.8) is 0 Å². The van der Waals surface area contributed by atoms with Crippen LogP contribution in [0, 0.1) is 0 Å². The number of nitrogens with zero attached hydrogens (tertiary/aromatic N) is 4. The molecule has 1 aromatic heterocycles. The topological polar surface area (TPSA) is 94.0 Å². The maximum Gasteiger partial charge on any atom is 0.274 e. The molecule has 10 heteroatoms. The normalized spacial score (nSPS) is 19.7. The van der Waals surface area contributed by atoms with Gasteiger partial charge >= 0.3 is 0 Å². The van der Waals surface area contributed by atoms with Crippen LogP contribution in [0.1, 0.15) is 34.5 Å². The van der Waals surface area contributed by atoms with Gasteiger partial charge < -0.3 is 14.4 Å². The number of benzene rings is 2. The first kappa shape index (κ1) is 25.2. The number of piperidine rings is 1. The zero-order valence-electron chi connectivity index (χ0n) is 21.5. The SMILES string of the molecule is COC1CCN(Cc2ccc(-n3nc(C(=O)N4CCOCC4)c4c3-c3ccccc3S(=O)(=O)C4)cc2)CC1. The molecule has 1 amide bonds. The van der Waals surface area contributed by atoms with Crippen molar-refractivity contribution in [2.45, 2.75) is 36.1 Å². The second kappa shape index (κ2) is 10.3. The van der Waals surface area contributed by atoms with Crippen LogP contribution in [-0.2, 0) is 31.6 Å². The number of amides is 1. The number of hydrogen-bond donors (Lipinski definition) is 0. The fraction of sp³-hybridized carbons (Fsp3) is 0.429. The summed E-state index contributed by atoms with van der Waals surface area (Å²) in [5, 5.41) is 4.76. The molecule has 3 aromatic rings. The zero-order valence-corrected chi connectivity index (χ0v) is 22.3. The van der Waals surface area contributed by atoms with E-state index in [-0.39, 0.29) is 22.2 Å². The Morgan fingerprint density at radius 1 is 1.03 bits per heavy atom. The Kier molecular flexibility index (Phi) is 6.81. The van der Waals surface area contributed by atoms with E-state index in [1.54, 1.807) is 34.9 Å². The van der Waals surface area contributed by atoms with Crippen LogP contribution in [0.5, 0.6) is 0 Å². The first-order chi connectivity index (χ1) is 18.4. The zero-order chi connectivity index (χ0) is 26.3. The summed E-state index contributed by atoms with van der Waals surface area (Å²) in [6.07, 6.45) is 2.42. The van der Waals surface area contributed by atoms with Crippen LogP contribution in [0.3, 0.4) is 0 Å². The number of sulfone groups is 1. The van der Waals surface area contributed by atoms with Crippen molar-refractivity contribution in [1.29, 1.82) is 0 Å². The molecular weight excluding hydrogens is 504 g/mol. The van der Waals surface area contributed by atoms with Crippen molar-refractivity contribution in [3.8, 4) is 16.9 Å². The standard InChI is InChI=1S/C28H32N4O5S/c1-36-22-10-12-30(13-11-22)18-20-6-8-21(9-7-20)32-27-23-4-2-3-5-25(23)38(34,35)19-24(27)26(29-32)28(33)31-14-16-37-17-15-31/h2-9,22H,10-19H2,1H3. The lowest BCUT2D eigenvalue weighted by atomic mass is 10.0. The number of hydrogen-bond acceptors (Lipinski definition) is 7. The highest BCUT2D eigenvalue weighted by Crippen LogP contribution is 2.40. The highest BCUT2D eigenvalue weighted by molar-refractivity contribution is 7.90. The summed E-state index contributed by atoms with van der Waals surface area (Å²) in [6.45, 7) is 4.70. The summed E-state index contributed by atoms with van der Waals surface area (Å²) in [5.74, 6) is -0.505. The molecular formula is C28H32N4O5S. The van der Waals surface area contributed by atoms with Crippen LogP contribution in [-0.4, -0.2) is 86.5 Å². The summed E-state index contributed by atoms with van der Waals surface area (Å²) < 4.78 is 39.1. The highest BCUT2D eigenvalue weighted by atomic mass is 32.2. The predicted molar refractivity (Wildman–Crippen MR) is 142 cm³/mol. The van der Waals surface area contributed by atoms with Crippen molar-refractivity contribution < 1.29 is 22.7 Å². The van der Waals surface area contributed by atoms with E-state index >= 15 is 0 Å². The van der Waals surface area contributed by atoms with Gasteiger partial charge in [0.2, 0.25) is 0 Å². The third-order valence-corrected chi connectivity index (χ3v) is 9.45. The van der Waals surface area contributed by atoms with Gasteiger partial charge in [0.1, 0.15) is 0 Å². The Balaban J connectivity index is 1.37. The summed E-state index contributed by atoms with van der Waals surface area (Å²) in [7, 11) is -1.82. The average molecular weight is 537 g/mol. The molecule has 9 nitrogen and oxygen atoms in total. The lowest BCUT2D eigenvalue weighted by Gasteiger charge is -2.31. The molecule has 0 atom stereocenters. The van der Waals surface area contributed by atoms with Crippen LogP contribution in [0.25, 0.3) is 16.9 Å². The molecule has 4 heterocycles. The molecule has 0 bridgehead atoms. The quantitative estimate of drug-likeness (QED) is 0.495. The number of fused-ring (bicyclic) bond motifs is 3. The van der Waals surface area contributed by atoms with Crippen molar-refractivity contribution >= 4 is 15.7 Å². The lowest BCUT2D eigenvalue weighted by molar-refractivity contribution is 0.0298. The van der Waals surface area contributed by atoms with E-state index in [4.69, 9.17) is 14.6 Å². The van der Waals surface area contributed by atoms with Gasteiger partial charge in [-0.15, -0.1) is 0 Å². The molecule has 0 N–H and O–H groups in total. The summed E-state index contributed by atoms with van der Waals surface area (Å²) in [6, 6.07) is 15.1. The number of aromatic nitrogens is 2. The number of carbonyl (C=O) groups excluding carboxylic acids is 1. The number of morpholine rings is 1. The van der Waals surface area contributed by atoms with Gasteiger partial charge in [-0.2, -0.15) is 5.10 Å². The molecule has 200 valence electrons. The van der Waals surface area contributed by atoms with Gasteiger partial charge in [0.25, 0.3) is 5.91 Å². The minimum Gasteiger partial charge on any atom is -0.381 e. The van der Waals surface area contributed by atoms with E-state index in [2.05, 4.69) is 17.0 Å². The van der Waals surface area contributed by atoms with Gasteiger partial charge in [-0.05, 0) is 36.6 Å².